The molecule has 394 valence electrons. The van der Waals surface area contributed by atoms with Crippen molar-refractivity contribution in [3.05, 3.63) is 109 Å². The number of hydrogen-bond donors (Lipinski definition) is 1. The topological polar surface area (TPSA) is 114 Å². The Morgan fingerprint density at radius 1 is 0.522 bits per heavy atom. The van der Waals surface area contributed by atoms with Crippen LogP contribution in [0.2, 0.25) is 0 Å². The van der Waals surface area contributed by atoms with Gasteiger partial charge in [-0.05, 0) is 96.0 Å². The van der Waals surface area contributed by atoms with Crippen molar-refractivity contribution in [1.82, 2.24) is 5.32 Å². The Hall–Kier alpha value is -3.33. The second-order valence-electron chi connectivity index (χ2n) is 19.0. The van der Waals surface area contributed by atoms with Crippen molar-refractivity contribution in [1.29, 1.82) is 0 Å². The molecule has 0 aromatic rings. The Kier molecular flexibility index (Phi) is 46.0. The average molecular weight is 981 g/mol. The molecule has 10 heteroatoms. The molecule has 0 aromatic carbocycles. The number of unbranched alkanes of at least 4 members (excludes halogenated alkanes) is 15. The largest absolute Gasteiger partial charge is 0.756 e. The highest BCUT2D eigenvalue weighted by atomic mass is 31.2. The van der Waals surface area contributed by atoms with Crippen LogP contribution in [0, 0.1) is 0 Å². The summed E-state index contributed by atoms with van der Waals surface area (Å²) in [7, 11) is 1.11. The van der Waals surface area contributed by atoms with Gasteiger partial charge >= 0.3 is 5.97 Å². The van der Waals surface area contributed by atoms with Crippen molar-refractivity contribution < 1.29 is 37.3 Å². The monoisotopic (exact) mass is 981 g/mol. The van der Waals surface area contributed by atoms with E-state index in [1.165, 1.54) is 57.8 Å². The van der Waals surface area contributed by atoms with Crippen LogP contribution in [-0.2, 0) is 27.9 Å². The third-order valence-corrected chi connectivity index (χ3v) is 12.2. The molecule has 1 amide bonds. The molecule has 0 saturated carbocycles. The molecule has 0 radical (unpaired) electrons. The normalized spacial score (nSPS) is 14.7. The Balaban J connectivity index is 5.58. The van der Waals surface area contributed by atoms with Gasteiger partial charge in [0.1, 0.15) is 19.3 Å². The third-order valence-electron chi connectivity index (χ3n) is 11.2. The number of ether oxygens (including phenoxy) is 1. The number of carbonyl (C=O) groups is 2. The van der Waals surface area contributed by atoms with Crippen molar-refractivity contribution in [2.75, 3.05) is 40.9 Å². The van der Waals surface area contributed by atoms with Gasteiger partial charge in [0.05, 0.1) is 33.8 Å². The maximum absolute atomic E-state index is 13.4. The first-order valence-electron chi connectivity index (χ1n) is 27.2. The minimum absolute atomic E-state index is 0.0450. The molecule has 3 unspecified atom stereocenters. The maximum atomic E-state index is 13.4. The van der Waals surface area contributed by atoms with E-state index in [2.05, 4.69) is 111 Å². The number of phosphoric acid groups is 1. The zero-order valence-electron chi connectivity index (χ0n) is 44.7. The van der Waals surface area contributed by atoms with Gasteiger partial charge in [0.25, 0.3) is 7.82 Å². The molecule has 0 aliphatic rings. The summed E-state index contributed by atoms with van der Waals surface area (Å²) in [4.78, 5) is 39.7. The zero-order chi connectivity index (χ0) is 50.8. The van der Waals surface area contributed by atoms with Crippen LogP contribution in [0.4, 0.5) is 0 Å². The van der Waals surface area contributed by atoms with Crippen LogP contribution in [0.25, 0.3) is 0 Å². The number of nitrogens with zero attached hydrogens (tertiary/aromatic N) is 1. The van der Waals surface area contributed by atoms with Crippen LogP contribution in [0.1, 0.15) is 201 Å². The van der Waals surface area contributed by atoms with Crippen LogP contribution < -0.4 is 10.2 Å². The lowest BCUT2D eigenvalue weighted by Gasteiger charge is -2.30. The quantitative estimate of drug-likeness (QED) is 0.0212. The zero-order valence-corrected chi connectivity index (χ0v) is 45.6. The predicted octanol–water partition coefficient (Wildman–Crippen LogP) is 15.6. The molecule has 0 bridgehead atoms. The number of carbonyl (C=O) groups excluding carboxylic acids is 2. The van der Waals surface area contributed by atoms with E-state index in [4.69, 9.17) is 13.8 Å². The Morgan fingerprint density at radius 2 is 0.942 bits per heavy atom. The van der Waals surface area contributed by atoms with Crippen molar-refractivity contribution in [2.24, 2.45) is 0 Å². The number of phosphoric ester groups is 1. The van der Waals surface area contributed by atoms with Gasteiger partial charge in [-0.15, -0.1) is 0 Å². The van der Waals surface area contributed by atoms with Crippen LogP contribution in [-0.4, -0.2) is 69.4 Å². The molecule has 0 rings (SSSR count). The number of amides is 1. The Morgan fingerprint density at radius 3 is 1.42 bits per heavy atom. The lowest BCUT2D eigenvalue weighted by molar-refractivity contribution is -0.870. The molecule has 0 spiro atoms. The first-order chi connectivity index (χ1) is 33.4. The minimum atomic E-state index is -4.72. The highest BCUT2D eigenvalue weighted by Gasteiger charge is 2.27. The van der Waals surface area contributed by atoms with E-state index < -0.39 is 26.6 Å². The second-order valence-corrected chi connectivity index (χ2v) is 20.4. The summed E-state index contributed by atoms with van der Waals surface area (Å²) in [6.45, 7) is 6.51. The molecule has 9 nitrogen and oxygen atoms in total. The Labute approximate surface area is 423 Å². The molecule has 0 aliphatic carbocycles. The number of nitrogens with one attached hydrogen (secondary N) is 1. The van der Waals surface area contributed by atoms with E-state index >= 15 is 0 Å². The molecule has 0 fully saturated rings. The molecule has 0 heterocycles. The second kappa shape index (κ2) is 48.3. The van der Waals surface area contributed by atoms with Crippen molar-refractivity contribution in [2.45, 2.75) is 213 Å². The van der Waals surface area contributed by atoms with E-state index in [9.17, 15) is 19.0 Å². The van der Waals surface area contributed by atoms with E-state index in [-0.39, 0.29) is 31.3 Å². The number of rotatable bonds is 47. The summed E-state index contributed by atoms with van der Waals surface area (Å²) >= 11 is 0. The highest BCUT2D eigenvalue weighted by Crippen LogP contribution is 2.38. The van der Waals surface area contributed by atoms with E-state index in [1.807, 2.05) is 39.4 Å². The summed E-state index contributed by atoms with van der Waals surface area (Å²) in [5.41, 5.74) is 0. The number of esters is 1. The van der Waals surface area contributed by atoms with Gasteiger partial charge in [-0.1, -0.05) is 201 Å². The molecular formula is C59H101N2O7P. The summed E-state index contributed by atoms with van der Waals surface area (Å²) in [6.07, 6.45) is 65.0. The van der Waals surface area contributed by atoms with Gasteiger partial charge in [-0.2, -0.15) is 0 Å². The van der Waals surface area contributed by atoms with Crippen molar-refractivity contribution in [3.8, 4) is 0 Å². The van der Waals surface area contributed by atoms with Crippen molar-refractivity contribution in [3.63, 3.8) is 0 Å². The summed E-state index contributed by atoms with van der Waals surface area (Å²) in [5, 5.41) is 2.96. The van der Waals surface area contributed by atoms with E-state index in [1.54, 1.807) is 6.08 Å². The van der Waals surface area contributed by atoms with E-state index in [0.717, 1.165) is 96.3 Å². The predicted molar refractivity (Wildman–Crippen MR) is 293 cm³/mol. The fourth-order valence-electron chi connectivity index (χ4n) is 7.05. The van der Waals surface area contributed by atoms with Gasteiger partial charge in [-0.3, -0.25) is 14.2 Å². The smallest absolute Gasteiger partial charge is 0.306 e. The molecule has 1 N–H and O–H groups in total. The fourth-order valence-corrected chi connectivity index (χ4v) is 7.77. The number of allylic oxidation sites excluding steroid dienone is 17. The molecule has 0 saturated heterocycles. The lowest BCUT2D eigenvalue weighted by Crippen LogP contribution is -2.47. The van der Waals surface area contributed by atoms with Crippen LogP contribution in [0.3, 0.4) is 0 Å². The number of quaternary nitrogens is 1. The van der Waals surface area contributed by atoms with Gasteiger partial charge in [0.15, 0.2) is 0 Å². The first kappa shape index (κ1) is 65.7. The minimum Gasteiger partial charge on any atom is -0.756 e. The van der Waals surface area contributed by atoms with Gasteiger partial charge in [-0.25, -0.2) is 0 Å². The lowest BCUT2D eigenvalue weighted by atomic mass is 10.0. The molecule has 69 heavy (non-hydrogen) atoms. The van der Waals surface area contributed by atoms with Gasteiger partial charge in [0, 0.05) is 12.8 Å². The number of likely N-dealkylation sites (N-methyl/N-ethyl adjacent to an activating group) is 1. The highest BCUT2D eigenvalue weighted by molar-refractivity contribution is 7.45. The fraction of sp³-hybridized carbons (Fsp3) is 0.661. The van der Waals surface area contributed by atoms with Crippen molar-refractivity contribution >= 4 is 19.7 Å². The van der Waals surface area contributed by atoms with Crippen LogP contribution in [0.5, 0.6) is 0 Å². The van der Waals surface area contributed by atoms with E-state index in [0.29, 0.717) is 23.9 Å². The van der Waals surface area contributed by atoms with Crippen LogP contribution in [0.15, 0.2) is 109 Å². The first-order valence-corrected chi connectivity index (χ1v) is 28.7. The summed E-state index contributed by atoms with van der Waals surface area (Å²) in [5.74, 6) is -0.674. The third kappa shape index (κ3) is 49.4. The molecular weight excluding hydrogens is 880 g/mol. The van der Waals surface area contributed by atoms with Crippen LogP contribution >= 0.6 is 7.82 Å². The van der Waals surface area contributed by atoms with Gasteiger partial charge < -0.3 is 28.5 Å². The molecule has 0 aliphatic heterocycles. The molecule has 0 aromatic heterocycles. The Bertz CT molecular complexity index is 1550. The maximum Gasteiger partial charge on any atom is 0.306 e. The number of hydrogen-bond acceptors (Lipinski definition) is 7. The standard InChI is InChI=1S/C59H101N2O7P/c1-7-10-13-16-19-22-25-28-30-31-33-36-39-42-45-48-51-58(62)60-56(55-67-69(64,65)66-54-53-61(4,5)6)57(50-47-44-41-38-35-32-27-24-21-18-15-12-9-3)68-59(63)52-49-46-43-40-37-34-29-26-23-20-17-14-11-8-2/h10-11,13-14,19-20,22-23,28-30,33-34,36,42,45,47,50,56-57H,7-9,12,15-18,21,24-27,31-32,35,37-41,43-44,46,48-49,51-55H2,1-6H3,(H-,60,62,64,65)/b13-10+,14-11+,22-19+,23-20+,30-28+,34-29+,36-33+,45-42+,50-47+. The SMILES string of the molecule is CC/C=C/C/C=C/C/C=C/C/C=C/C/C=C/CCC(=O)NC(COP(=O)([O-])OCC[N+](C)(C)C)C(/C=C/CCCCCCCCCCCCC)OC(=O)CCCCCC/C=C/C/C=C/C/C=C/CC. The summed E-state index contributed by atoms with van der Waals surface area (Å²) in [6, 6.07) is -0.943. The average Bonchev–Trinajstić information content (AvgIpc) is 3.31. The summed E-state index contributed by atoms with van der Waals surface area (Å²) < 4.78 is 30.1. The molecule has 3 atom stereocenters. The van der Waals surface area contributed by atoms with Gasteiger partial charge in [0.2, 0.25) is 5.91 Å².